The van der Waals surface area contributed by atoms with Gasteiger partial charge >= 0.3 is 0 Å². The highest BCUT2D eigenvalue weighted by molar-refractivity contribution is 5.85. The summed E-state index contributed by atoms with van der Waals surface area (Å²) in [6.45, 7) is 7.97. The molecule has 0 atom stereocenters. The fraction of sp³-hybridized carbons (Fsp3) is 0.222. The number of hydrogen-bond acceptors (Lipinski definition) is 2. The fourth-order valence-corrected chi connectivity index (χ4v) is 1.94. The van der Waals surface area contributed by atoms with E-state index in [0.29, 0.717) is 6.61 Å². The lowest BCUT2D eigenvalue weighted by Gasteiger charge is -2.12. The highest BCUT2D eigenvalue weighted by Crippen LogP contribution is 2.19. The van der Waals surface area contributed by atoms with E-state index in [1.165, 1.54) is 16.7 Å². The average Bonchev–Trinajstić information content (AvgIpc) is 2.48. The third kappa shape index (κ3) is 5.62. The first kappa shape index (κ1) is 17.3. The predicted octanol–water partition coefficient (Wildman–Crippen LogP) is 4.27. The van der Waals surface area contributed by atoms with Gasteiger partial charge in [-0.2, -0.15) is 0 Å². The summed E-state index contributed by atoms with van der Waals surface area (Å²) in [5, 5.41) is 3.30. The molecule has 21 heavy (non-hydrogen) atoms. The van der Waals surface area contributed by atoms with Crippen molar-refractivity contribution in [2.24, 2.45) is 0 Å². The van der Waals surface area contributed by atoms with E-state index >= 15 is 0 Å². The van der Waals surface area contributed by atoms with Gasteiger partial charge in [-0.25, -0.2) is 0 Å². The Morgan fingerprint density at radius 2 is 1.81 bits per heavy atom. The standard InChI is InChI=1S/C18H21NO.ClH/c1-3-12-19-13-17-6-4-5-7-18(17)20-14-16-10-8-15(2)9-11-16;/h3-11,19H,1,12-14H2,2H3;1H. The van der Waals surface area contributed by atoms with Gasteiger partial charge in [-0.05, 0) is 18.6 Å². The van der Waals surface area contributed by atoms with Crippen LogP contribution in [0.15, 0.2) is 61.2 Å². The molecule has 0 unspecified atom stereocenters. The minimum atomic E-state index is 0. The molecule has 2 nitrogen and oxygen atoms in total. The molecule has 0 spiro atoms. The number of halogens is 1. The molecule has 0 amide bonds. The molecular weight excluding hydrogens is 282 g/mol. The molecule has 0 bridgehead atoms. The van der Waals surface area contributed by atoms with Crippen molar-refractivity contribution < 1.29 is 4.74 Å². The van der Waals surface area contributed by atoms with Crippen molar-refractivity contribution >= 4 is 12.4 Å². The summed E-state index contributed by atoms with van der Waals surface area (Å²) < 4.78 is 5.93. The average molecular weight is 304 g/mol. The summed E-state index contributed by atoms with van der Waals surface area (Å²) in [5.41, 5.74) is 3.62. The molecule has 0 aromatic heterocycles. The molecule has 2 aromatic carbocycles. The molecule has 2 rings (SSSR count). The molecule has 0 aliphatic carbocycles. The Morgan fingerprint density at radius 3 is 2.52 bits per heavy atom. The Labute approximate surface area is 133 Å². The van der Waals surface area contributed by atoms with E-state index in [1.807, 2.05) is 24.3 Å². The number of benzene rings is 2. The zero-order valence-electron chi connectivity index (χ0n) is 12.3. The van der Waals surface area contributed by atoms with Gasteiger partial charge in [-0.15, -0.1) is 19.0 Å². The molecule has 112 valence electrons. The van der Waals surface area contributed by atoms with Gasteiger partial charge in [-0.3, -0.25) is 0 Å². The molecule has 0 heterocycles. The minimum absolute atomic E-state index is 0. The molecule has 0 aliphatic heterocycles. The van der Waals surface area contributed by atoms with Crippen LogP contribution in [0.4, 0.5) is 0 Å². The van der Waals surface area contributed by atoms with Crippen LogP contribution in [-0.2, 0) is 13.2 Å². The summed E-state index contributed by atoms with van der Waals surface area (Å²) in [7, 11) is 0. The van der Waals surface area contributed by atoms with Crippen molar-refractivity contribution in [3.05, 3.63) is 77.9 Å². The third-order valence-electron chi connectivity index (χ3n) is 3.09. The monoisotopic (exact) mass is 303 g/mol. The molecule has 0 radical (unpaired) electrons. The smallest absolute Gasteiger partial charge is 0.124 e. The van der Waals surface area contributed by atoms with Crippen molar-refractivity contribution in [1.82, 2.24) is 5.32 Å². The predicted molar refractivity (Wildman–Crippen MR) is 91.1 cm³/mol. The van der Waals surface area contributed by atoms with E-state index < -0.39 is 0 Å². The Kier molecular flexibility index (Phi) is 7.59. The molecule has 0 aliphatic rings. The van der Waals surface area contributed by atoms with Crippen LogP contribution in [0.2, 0.25) is 0 Å². The summed E-state index contributed by atoms with van der Waals surface area (Å²) in [4.78, 5) is 0. The summed E-state index contributed by atoms with van der Waals surface area (Å²) in [6, 6.07) is 16.6. The van der Waals surface area contributed by atoms with Crippen LogP contribution in [0.25, 0.3) is 0 Å². The van der Waals surface area contributed by atoms with Crippen molar-refractivity contribution in [2.45, 2.75) is 20.1 Å². The van der Waals surface area contributed by atoms with E-state index in [9.17, 15) is 0 Å². The number of hydrogen-bond donors (Lipinski definition) is 1. The maximum Gasteiger partial charge on any atom is 0.124 e. The van der Waals surface area contributed by atoms with Crippen molar-refractivity contribution in [3.8, 4) is 5.75 Å². The van der Waals surface area contributed by atoms with Gasteiger partial charge in [-0.1, -0.05) is 54.1 Å². The Morgan fingerprint density at radius 1 is 1.10 bits per heavy atom. The summed E-state index contributed by atoms with van der Waals surface area (Å²) in [6.07, 6.45) is 1.86. The van der Waals surface area contributed by atoms with Crippen LogP contribution in [-0.4, -0.2) is 6.54 Å². The number of aryl methyl sites for hydroxylation is 1. The van der Waals surface area contributed by atoms with E-state index in [1.54, 1.807) is 0 Å². The van der Waals surface area contributed by atoms with Gasteiger partial charge in [0, 0.05) is 18.7 Å². The Hall–Kier alpha value is -1.77. The van der Waals surface area contributed by atoms with Gasteiger partial charge in [0.05, 0.1) is 0 Å². The van der Waals surface area contributed by atoms with Crippen molar-refractivity contribution in [1.29, 1.82) is 0 Å². The Balaban J connectivity index is 0.00000220. The summed E-state index contributed by atoms with van der Waals surface area (Å²) >= 11 is 0. The number of ether oxygens (including phenoxy) is 1. The van der Waals surface area contributed by atoms with E-state index in [-0.39, 0.29) is 12.4 Å². The van der Waals surface area contributed by atoms with Crippen molar-refractivity contribution in [3.63, 3.8) is 0 Å². The second-order valence-corrected chi connectivity index (χ2v) is 4.80. The Bertz CT molecular complexity index is 551. The molecule has 1 N–H and O–H groups in total. The van der Waals surface area contributed by atoms with Gasteiger partial charge in [0.15, 0.2) is 0 Å². The highest BCUT2D eigenvalue weighted by Gasteiger charge is 2.02. The van der Waals surface area contributed by atoms with Crippen molar-refractivity contribution in [2.75, 3.05) is 6.54 Å². The molecule has 2 aromatic rings. The van der Waals surface area contributed by atoms with Gasteiger partial charge in [0.25, 0.3) is 0 Å². The second-order valence-electron chi connectivity index (χ2n) is 4.80. The highest BCUT2D eigenvalue weighted by atomic mass is 35.5. The molecule has 3 heteroatoms. The lowest BCUT2D eigenvalue weighted by atomic mass is 10.1. The lowest BCUT2D eigenvalue weighted by molar-refractivity contribution is 0.302. The topological polar surface area (TPSA) is 21.3 Å². The third-order valence-corrected chi connectivity index (χ3v) is 3.09. The van der Waals surface area contributed by atoms with Crippen LogP contribution < -0.4 is 10.1 Å². The van der Waals surface area contributed by atoms with E-state index in [4.69, 9.17) is 4.74 Å². The van der Waals surface area contributed by atoms with E-state index in [0.717, 1.165) is 18.8 Å². The molecule has 0 saturated heterocycles. The quantitative estimate of drug-likeness (QED) is 0.609. The zero-order chi connectivity index (χ0) is 14.2. The SMILES string of the molecule is C=CCNCc1ccccc1OCc1ccc(C)cc1.Cl. The first-order chi connectivity index (χ1) is 9.79. The van der Waals surface area contributed by atoms with Crippen LogP contribution in [0.3, 0.4) is 0 Å². The second kappa shape index (κ2) is 9.22. The van der Waals surface area contributed by atoms with Gasteiger partial charge in [0.2, 0.25) is 0 Å². The number of nitrogens with one attached hydrogen (secondary N) is 1. The van der Waals surface area contributed by atoms with Crippen LogP contribution in [0.5, 0.6) is 5.75 Å². The van der Waals surface area contributed by atoms with E-state index in [2.05, 4.69) is 49.2 Å². The molecule has 0 saturated carbocycles. The normalized spacial score (nSPS) is 9.76. The van der Waals surface area contributed by atoms with Crippen LogP contribution in [0, 0.1) is 6.92 Å². The van der Waals surface area contributed by atoms with Crippen LogP contribution in [0.1, 0.15) is 16.7 Å². The summed E-state index contributed by atoms with van der Waals surface area (Å²) in [5.74, 6) is 0.935. The minimum Gasteiger partial charge on any atom is -0.489 e. The van der Waals surface area contributed by atoms with Gasteiger partial charge < -0.3 is 10.1 Å². The largest absolute Gasteiger partial charge is 0.489 e. The fourth-order valence-electron chi connectivity index (χ4n) is 1.94. The lowest BCUT2D eigenvalue weighted by Crippen LogP contribution is -2.13. The van der Waals surface area contributed by atoms with Gasteiger partial charge in [0.1, 0.15) is 12.4 Å². The maximum absolute atomic E-state index is 5.93. The molecular formula is C18H22ClNO. The number of rotatable bonds is 7. The van der Waals surface area contributed by atoms with Crippen LogP contribution >= 0.6 is 12.4 Å². The first-order valence-electron chi connectivity index (χ1n) is 6.87. The molecule has 0 fully saturated rings. The first-order valence-corrected chi connectivity index (χ1v) is 6.87. The number of para-hydroxylation sites is 1. The maximum atomic E-state index is 5.93. The zero-order valence-corrected chi connectivity index (χ0v) is 13.2.